The predicted molar refractivity (Wildman–Crippen MR) is 49.4 cm³/mol. The third-order valence-electron chi connectivity index (χ3n) is 1.93. The van der Waals surface area contributed by atoms with Gasteiger partial charge in [-0.15, -0.1) is 0 Å². The van der Waals surface area contributed by atoms with Gasteiger partial charge in [0.15, 0.2) is 5.78 Å². The van der Waals surface area contributed by atoms with Crippen LogP contribution in [0.15, 0.2) is 10.5 Å². The summed E-state index contributed by atoms with van der Waals surface area (Å²) in [5.74, 6) is 0.171. The zero-order chi connectivity index (χ0) is 10.7. The molecule has 0 spiro atoms. The molecule has 0 amide bonds. The van der Waals surface area contributed by atoms with Crippen molar-refractivity contribution in [2.45, 2.75) is 26.7 Å². The van der Waals surface area contributed by atoms with Gasteiger partial charge in [0, 0.05) is 6.42 Å². The minimum absolute atomic E-state index is 0.0182. The van der Waals surface area contributed by atoms with E-state index in [-0.39, 0.29) is 12.2 Å². The van der Waals surface area contributed by atoms with Gasteiger partial charge in [-0.3, -0.25) is 9.59 Å². The molecule has 14 heavy (non-hydrogen) atoms. The molecule has 0 aliphatic rings. The molecule has 76 valence electrons. The monoisotopic (exact) mass is 196 g/mol. The lowest BCUT2D eigenvalue weighted by molar-refractivity contribution is -0.137. The fourth-order valence-corrected chi connectivity index (χ4v) is 1.25. The Morgan fingerprint density at radius 2 is 2.14 bits per heavy atom. The lowest BCUT2D eigenvalue weighted by Crippen LogP contribution is -1.96. The minimum atomic E-state index is -0.872. The Hall–Kier alpha value is -1.58. The standard InChI is InChI=1S/C10H12O4/c1-6(11)9-5-8(14-7(9)2)3-4-10(12)13/h5H,3-4H2,1-2H3,(H,12,13). The summed E-state index contributed by atoms with van der Waals surface area (Å²) in [5.41, 5.74) is 0.533. The molecule has 0 saturated heterocycles. The van der Waals surface area contributed by atoms with E-state index in [0.717, 1.165) is 0 Å². The van der Waals surface area contributed by atoms with E-state index in [1.54, 1.807) is 13.0 Å². The van der Waals surface area contributed by atoms with Crippen LogP contribution in [-0.4, -0.2) is 16.9 Å². The zero-order valence-corrected chi connectivity index (χ0v) is 8.16. The number of hydrogen-bond acceptors (Lipinski definition) is 3. The quantitative estimate of drug-likeness (QED) is 0.745. The van der Waals surface area contributed by atoms with Crippen molar-refractivity contribution >= 4 is 11.8 Å². The van der Waals surface area contributed by atoms with Gasteiger partial charge in [-0.2, -0.15) is 0 Å². The first-order chi connectivity index (χ1) is 6.50. The summed E-state index contributed by atoms with van der Waals surface area (Å²) in [5, 5.41) is 8.45. The lowest BCUT2D eigenvalue weighted by Gasteiger charge is -1.90. The molecule has 0 bridgehead atoms. The molecule has 0 aliphatic heterocycles. The lowest BCUT2D eigenvalue weighted by atomic mass is 10.1. The van der Waals surface area contributed by atoms with Gasteiger partial charge in [0.05, 0.1) is 12.0 Å². The van der Waals surface area contributed by atoms with Crippen molar-refractivity contribution in [2.75, 3.05) is 0 Å². The predicted octanol–water partition coefficient (Wildman–Crippen LogP) is 1.81. The van der Waals surface area contributed by atoms with Crippen LogP contribution in [0.5, 0.6) is 0 Å². The average Bonchev–Trinajstić information content (AvgIpc) is 2.43. The molecule has 1 heterocycles. The number of aliphatic carboxylic acids is 1. The zero-order valence-electron chi connectivity index (χ0n) is 8.16. The van der Waals surface area contributed by atoms with Crippen molar-refractivity contribution in [2.24, 2.45) is 0 Å². The third kappa shape index (κ3) is 2.45. The van der Waals surface area contributed by atoms with Crippen molar-refractivity contribution in [3.63, 3.8) is 0 Å². The van der Waals surface area contributed by atoms with Gasteiger partial charge < -0.3 is 9.52 Å². The molecular formula is C10H12O4. The fraction of sp³-hybridized carbons (Fsp3) is 0.400. The second-order valence-corrected chi connectivity index (χ2v) is 3.13. The van der Waals surface area contributed by atoms with E-state index >= 15 is 0 Å². The second kappa shape index (κ2) is 4.09. The highest BCUT2D eigenvalue weighted by atomic mass is 16.4. The minimum Gasteiger partial charge on any atom is -0.481 e. The Kier molecular flexibility index (Phi) is 3.06. The van der Waals surface area contributed by atoms with Crippen LogP contribution < -0.4 is 0 Å². The number of hydrogen-bond donors (Lipinski definition) is 1. The topological polar surface area (TPSA) is 67.5 Å². The van der Waals surface area contributed by atoms with Crippen LogP contribution >= 0.6 is 0 Å². The fourth-order valence-electron chi connectivity index (χ4n) is 1.25. The number of furan rings is 1. The number of ketones is 1. The maximum atomic E-state index is 11.0. The van der Waals surface area contributed by atoms with Crippen molar-refractivity contribution in [3.05, 3.63) is 23.2 Å². The van der Waals surface area contributed by atoms with Gasteiger partial charge in [0.1, 0.15) is 11.5 Å². The molecule has 0 radical (unpaired) electrons. The molecule has 1 N–H and O–H groups in total. The van der Waals surface area contributed by atoms with Gasteiger partial charge >= 0.3 is 5.97 Å². The molecule has 0 aliphatic carbocycles. The first-order valence-electron chi connectivity index (χ1n) is 4.32. The second-order valence-electron chi connectivity index (χ2n) is 3.13. The number of carbonyl (C=O) groups excluding carboxylic acids is 1. The SMILES string of the molecule is CC(=O)c1cc(CCC(=O)O)oc1C. The largest absolute Gasteiger partial charge is 0.481 e. The van der Waals surface area contributed by atoms with Crippen LogP contribution in [0.2, 0.25) is 0 Å². The first-order valence-corrected chi connectivity index (χ1v) is 4.32. The summed E-state index contributed by atoms with van der Waals surface area (Å²) < 4.78 is 5.24. The molecule has 1 rings (SSSR count). The molecule has 0 unspecified atom stereocenters. The van der Waals surface area contributed by atoms with Crippen LogP contribution in [0.3, 0.4) is 0 Å². The molecule has 0 aromatic carbocycles. The number of aryl methyl sites for hydroxylation is 2. The molecule has 1 aromatic rings. The Labute approximate surface area is 81.5 Å². The van der Waals surface area contributed by atoms with E-state index in [2.05, 4.69) is 0 Å². The smallest absolute Gasteiger partial charge is 0.303 e. The van der Waals surface area contributed by atoms with E-state index in [1.807, 2.05) is 0 Å². The number of rotatable bonds is 4. The Morgan fingerprint density at radius 1 is 1.50 bits per heavy atom. The normalized spacial score (nSPS) is 10.1. The Morgan fingerprint density at radius 3 is 2.57 bits per heavy atom. The average molecular weight is 196 g/mol. The van der Waals surface area contributed by atoms with Gasteiger partial charge in [0.2, 0.25) is 0 Å². The van der Waals surface area contributed by atoms with Crippen LogP contribution in [0.1, 0.15) is 35.2 Å². The van der Waals surface area contributed by atoms with Crippen molar-refractivity contribution < 1.29 is 19.1 Å². The first kappa shape index (κ1) is 10.5. The van der Waals surface area contributed by atoms with Crippen molar-refractivity contribution in [1.82, 2.24) is 0 Å². The molecule has 0 saturated carbocycles. The van der Waals surface area contributed by atoms with Crippen LogP contribution in [0.4, 0.5) is 0 Å². The van der Waals surface area contributed by atoms with E-state index in [1.165, 1.54) is 6.92 Å². The molecular weight excluding hydrogens is 184 g/mol. The molecule has 0 atom stereocenters. The van der Waals surface area contributed by atoms with Crippen LogP contribution in [-0.2, 0) is 11.2 Å². The summed E-state index contributed by atoms with van der Waals surface area (Å²) in [6, 6.07) is 1.61. The molecule has 1 aromatic heterocycles. The summed E-state index contributed by atoms with van der Waals surface area (Å²) >= 11 is 0. The molecule has 4 heteroatoms. The van der Waals surface area contributed by atoms with Crippen LogP contribution in [0.25, 0.3) is 0 Å². The Balaban J connectivity index is 2.76. The third-order valence-corrected chi connectivity index (χ3v) is 1.93. The highest BCUT2D eigenvalue weighted by molar-refractivity contribution is 5.95. The summed E-state index contributed by atoms with van der Waals surface area (Å²) in [7, 11) is 0. The van der Waals surface area contributed by atoms with Gasteiger partial charge in [0.25, 0.3) is 0 Å². The summed E-state index contributed by atoms with van der Waals surface area (Å²) in [6.07, 6.45) is 0.341. The molecule has 0 fully saturated rings. The number of Topliss-reactive ketones (excluding diaryl/α,β-unsaturated/α-hetero) is 1. The molecule has 4 nitrogen and oxygen atoms in total. The number of carboxylic acid groups (broad SMARTS) is 1. The van der Waals surface area contributed by atoms with E-state index in [0.29, 0.717) is 23.5 Å². The summed E-state index contributed by atoms with van der Waals surface area (Å²) in [6.45, 7) is 3.15. The van der Waals surface area contributed by atoms with Crippen molar-refractivity contribution in [1.29, 1.82) is 0 Å². The summed E-state index contributed by atoms with van der Waals surface area (Å²) in [4.78, 5) is 21.3. The van der Waals surface area contributed by atoms with Crippen molar-refractivity contribution in [3.8, 4) is 0 Å². The maximum absolute atomic E-state index is 11.0. The number of carbonyl (C=O) groups is 2. The van der Waals surface area contributed by atoms with E-state index in [4.69, 9.17) is 9.52 Å². The van der Waals surface area contributed by atoms with Gasteiger partial charge in [-0.05, 0) is 19.9 Å². The van der Waals surface area contributed by atoms with E-state index < -0.39 is 5.97 Å². The highest BCUT2D eigenvalue weighted by Gasteiger charge is 2.11. The number of carboxylic acids is 1. The van der Waals surface area contributed by atoms with E-state index in [9.17, 15) is 9.59 Å². The van der Waals surface area contributed by atoms with Crippen LogP contribution in [0, 0.1) is 6.92 Å². The maximum Gasteiger partial charge on any atom is 0.303 e. The highest BCUT2D eigenvalue weighted by Crippen LogP contribution is 2.16. The Bertz CT molecular complexity index is 362. The van der Waals surface area contributed by atoms with Gasteiger partial charge in [-0.25, -0.2) is 0 Å². The van der Waals surface area contributed by atoms with Gasteiger partial charge in [-0.1, -0.05) is 0 Å².